The topological polar surface area (TPSA) is 9.23 Å². The summed E-state index contributed by atoms with van der Waals surface area (Å²) in [4.78, 5) is 0. The molecule has 4 rings (SSSR count). The van der Waals surface area contributed by atoms with E-state index in [1.165, 1.54) is 32.1 Å². The van der Waals surface area contributed by atoms with Crippen LogP contribution in [0.4, 0.5) is 8.78 Å². The second-order valence-corrected chi connectivity index (χ2v) is 9.56. The van der Waals surface area contributed by atoms with Crippen molar-refractivity contribution in [3.63, 3.8) is 0 Å². The zero-order valence-corrected chi connectivity index (χ0v) is 14.9. The summed E-state index contributed by atoms with van der Waals surface area (Å²) in [6.07, 6.45) is 8.56. The van der Waals surface area contributed by atoms with Gasteiger partial charge in [0.25, 0.3) is 0 Å². The molecule has 132 valence electrons. The van der Waals surface area contributed by atoms with E-state index in [2.05, 4.69) is 13.8 Å². The van der Waals surface area contributed by atoms with Crippen molar-refractivity contribution in [2.75, 3.05) is 7.11 Å². The Kier molecular flexibility index (Phi) is 3.66. The Morgan fingerprint density at radius 2 is 1.57 bits per heavy atom. The highest BCUT2D eigenvalue weighted by atomic mass is 19.3. The van der Waals surface area contributed by atoms with Crippen LogP contribution in [-0.4, -0.2) is 19.1 Å². The van der Waals surface area contributed by atoms with E-state index in [9.17, 15) is 8.78 Å². The molecule has 0 saturated heterocycles. The Morgan fingerprint density at radius 1 is 0.826 bits per heavy atom. The van der Waals surface area contributed by atoms with Gasteiger partial charge in [0.1, 0.15) is 0 Å². The van der Waals surface area contributed by atoms with Crippen molar-refractivity contribution in [2.45, 2.75) is 83.7 Å². The third-order valence-corrected chi connectivity index (χ3v) is 8.84. The van der Waals surface area contributed by atoms with Gasteiger partial charge >= 0.3 is 0 Å². The molecule has 0 aromatic heterocycles. The predicted molar refractivity (Wildman–Crippen MR) is 87.5 cm³/mol. The molecular formula is C20H32F2O. The van der Waals surface area contributed by atoms with Crippen molar-refractivity contribution in [2.24, 2.45) is 34.5 Å². The van der Waals surface area contributed by atoms with Crippen LogP contribution >= 0.6 is 0 Å². The Hall–Kier alpha value is -0.180. The molecule has 3 heteroatoms. The average Bonchev–Trinajstić information content (AvgIpc) is 2.84. The molecule has 0 aromatic rings. The monoisotopic (exact) mass is 326 g/mol. The maximum atomic E-state index is 13.9. The van der Waals surface area contributed by atoms with Gasteiger partial charge in [-0.1, -0.05) is 13.8 Å². The van der Waals surface area contributed by atoms with Crippen molar-refractivity contribution < 1.29 is 13.5 Å². The first kappa shape index (κ1) is 16.3. The molecule has 4 aliphatic rings. The summed E-state index contributed by atoms with van der Waals surface area (Å²) in [5.74, 6) is 0.0186. The minimum Gasteiger partial charge on any atom is -0.381 e. The molecule has 23 heavy (non-hydrogen) atoms. The van der Waals surface area contributed by atoms with Gasteiger partial charge in [-0.2, -0.15) is 0 Å². The van der Waals surface area contributed by atoms with Crippen LogP contribution in [0.1, 0.15) is 71.6 Å². The minimum absolute atomic E-state index is 0.117. The highest BCUT2D eigenvalue weighted by molar-refractivity contribution is 5.10. The maximum Gasteiger partial charge on any atom is 0.248 e. The molecule has 4 aliphatic carbocycles. The number of ether oxygens (including phenoxy) is 1. The number of rotatable bonds is 1. The Morgan fingerprint density at radius 3 is 2.30 bits per heavy atom. The van der Waals surface area contributed by atoms with Crippen molar-refractivity contribution in [3.8, 4) is 0 Å². The standard InChI is InChI=1S/C20H32F2O/c1-18-10-11-20(21,22)12-13(18)4-5-14-15-6-7-17(23-3)19(15,2)9-8-16(14)18/h13-17H,4-12H2,1-3H3. The number of halogens is 2. The Bertz CT molecular complexity index is 478. The van der Waals surface area contributed by atoms with Crippen molar-refractivity contribution in [3.05, 3.63) is 0 Å². The van der Waals surface area contributed by atoms with Gasteiger partial charge in [0.15, 0.2) is 0 Å². The SMILES string of the molecule is COC1CCC2C3CCC4CC(F)(F)CCC4(C)C3CCC12C. The van der Waals surface area contributed by atoms with Crippen LogP contribution in [0.25, 0.3) is 0 Å². The van der Waals surface area contributed by atoms with Crippen LogP contribution in [0.15, 0.2) is 0 Å². The normalized spacial score (nSPS) is 54.9. The van der Waals surface area contributed by atoms with Gasteiger partial charge in [-0.25, -0.2) is 8.78 Å². The summed E-state index contributed by atoms with van der Waals surface area (Å²) in [6, 6.07) is 0. The molecule has 0 radical (unpaired) electrons. The van der Waals surface area contributed by atoms with E-state index in [-0.39, 0.29) is 24.2 Å². The van der Waals surface area contributed by atoms with E-state index >= 15 is 0 Å². The van der Waals surface area contributed by atoms with E-state index in [1.54, 1.807) is 0 Å². The zero-order chi connectivity index (χ0) is 16.5. The molecule has 0 aromatic carbocycles. The van der Waals surface area contributed by atoms with Crippen LogP contribution in [-0.2, 0) is 4.74 Å². The third kappa shape index (κ3) is 2.24. The lowest BCUT2D eigenvalue weighted by Crippen LogP contribution is -2.55. The van der Waals surface area contributed by atoms with Gasteiger partial charge in [-0.15, -0.1) is 0 Å². The molecule has 0 aliphatic heterocycles. The predicted octanol–water partition coefficient (Wildman–Crippen LogP) is 5.68. The number of hydrogen-bond acceptors (Lipinski definition) is 1. The molecule has 7 unspecified atom stereocenters. The lowest BCUT2D eigenvalue weighted by atomic mass is 9.45. The minimum atomic E-state index is -2.41. The largest absolute Gasteiger partial charge is 0.381 e. The van der Waals surface area contributed by atoms with E-state index in [0.717, 1.165) is 24.7 Å². The number of alkyl halides is 2. The fourth-order valence-corrected chi connectivity index (χ4v) is 7.51. The number of hydrogen-bond donors (Lipinski definition) is 0. The van der Waals surface area contributed by atoms with Crippen LogP contribution in [0.5, 0.6) is 0 Å². The smallest absolute Gasteiger partial charge is 0.248 e. The lowest BCUT2D eigenvalue weighted by molar-refractivity contribution is -0.168. The molecule has 0 heterocycles. The Balaban J connectivity index is 1.60. The Labute approximate surface area is 139 Å². The fraction of sp³-hybridized carbons (Fsp3) is 1.00. The first-order chi connectivity index (χ1) is 10.8. The molecule has 1 nitrogen and oxygen atoms in total. The second kappa shape index (κ2) is 5.16. The third-order valence-electron chi connectivity index (χ3n) is 8.84. The van der Waals surface area contributed by atoms with E-state index in [4.69, 9.17) is 4.74 Å². The summed E-state index contributed by atoms with van der Waals surface area (Å²) in [7, 11) is 1.87. The van der Waals surface area contributed by atoms with Crippen molar-refractivity contribution in [1.29, 1.82) is 0 Å². The van der Waals surface area contributed by atoms with Gasteiger partial charge in [0.2, 0.25) is 5.92 Å². The van der Waals surface area contributed by atoms with Crippen LogP contribution < -0.4 is 0 Å². The van der Waals surface area contributed by atoms with Gasteiger partial charge in [-0.3, -0.25) is 0 Å². The summed E-state index contributed by atoms with van der Waals surface area (Å²) in [6.45, 7) is 4.80. The molecule has 0 spiro atoms. The highest BCUT2D eigenvalue weighted by Crippen LogP contribution is 2.67. The molecule has 4 fully saturated rings. The summed E-state index contributed by atoms with van der Waals surface area (Å²) in [5, 5.41) is 0. The zero-order valence-electron chi connectivity index (χ0n) is 14.9. The molecule has 0 bridgehead atoms. The number of fused-ring (bicyclic) bond motifs is 5. The molecule has 0 amide bonds. The van der Waals surface area contributed by atoms with E-state index < -0.39 is 5.92 Å². The molecule has 7 atom stereocenters. The van der Waals surface area contributed by atoms with Gasteiger partial charge in [0, 0.05) is 20.0 Å². The quantitative estimate of drug-likeness (QED) is 0.602. The van der Waals surface area contributed by atoms with Crippen LogP contribution in [0, 0.1) is 34.5 Å². The van der Waals surface area contributed by atoms with Crippen LogP contribution in [0.3, 0.4) is 0 Å². The van der Waals surface area contributed by atoms with Gasteiger partial charge in [-0.05, 0) is 79.4 Å². The average molecular weight is 326 g/mol. The van der Waals surface area contributed by atoms with E-state index in [1.807, 2.05) is 7.11 Å². The van der Waals surface area contributed by atoms with Gasteiger partial charge < -0.3 is 4.74 Å². The fourth-order valence-electron chi connectivity index (χ4n) is 7.51. The summed E-state index contributed by atoms with van der Waals surface area (Å²) < 4.78 is 33.7. The van der Waals surface area contributed by atoms with Crippen molar-refractivity contribution >= 4 is 0 Å². The van der Waals surface area contributed by atoms with Crippen molar-refractivity contribution in [1.82, 2.24) is 0 Å². The lowest BCUT2D eigenvalue weighted by Gasteiger charge is -2.61. The summed E-state index contributed by atoms with van der Waals surface area (Å²) in [5.41, 5.74) is 0.495. The van der Waals surface area contributed by atoms with Gasteiger partial charge in [0.05, 0.1) is 6.10 Å². The summed E-state index contributed by atoms with van der Waals surface area (Å²) >= 11 is 0. The maximum absolute atomic E-state index is 13.9. The first-order valence-corrected chi connectivity index (χ1v) is 9.71. The van der Waals surface area contributed by atoms with E-state index in [0.29, 0.717) is 17.4 Å². The second-order valence-electron chi connectivity index (χ2n) is 9.56. The molecule has 4 saturated carbocycles. The van der Waals surface area contributed by atoms with Crippen LogP contribution in [0.2, 0.25) is 0 Å². The number of methoxy groups -OCH3 is 1. The first-order valence-electron chi connectivity index (χ1n) is 9.71. The molecule has 0 N–H and O–H groups in total. The highest BCUT2D eigenvalue weighted by Gasteiger charge is 2.61. The molecular weight excluding hydrogens is 294 g/mol.